The first-order valence-electron chi connectivity index (χ1n) is 9.68. The third kappa shape index (κ3) is 5.56. The van der Waals surface area contributed by atoms with Gasteiger partial charge in [-0.15, -0.1) is 0 Å². The second-order valence-electron chi connectivity index (χ2n) is 6.98. The quantitative estimate of drug-likeness (QED) is 0.693. The number of rotatable bonds is 7. The first kappa shape index (κ1) is 21.3. The molecule has 1 saturated heterocycles. The van der Waals surface area contributed by atoms with Crippen LogP contribution in [-0.4, -0.2) is 30.6 Å². The number of piperidine rings is 1. The smallest absolute Gasteiger partial charge is 0.387 e. The van der Waals surface area contributed by atoms with E-state index in [1.54, 1.807) is 30.5 Å². The topological polar surface area (TPSA) is 54.5 Å². The van der Waals surface area contributed by atoms with E-state index in [1.165, 1.54) is 6.07 Å². The Kier molecular flexibility index (Phi) is 7.25. The van der Waals surface area contributed by atoms with Crippen LogP contribution in [0.15, 0.2) is 42.6 Å². The highest BCUT2D eigenvalue weighted by Gasteiger charge is 2.28. The lowest BCUT2D eigenvalue weighted by Gasteiger charge is -2.33. The molecule has 2 aromatic rings. The number of alkyl halides is 2. The first-order chi connectivity index (χ1) is 14.0. The molecule has 1 aromatic carbocycles. The molecule has 5 nitrogen and oxygen atoms in total. The van der Waals surface area contributed by atoms with Crippen molar-refractivity contribution in [2.45, 2.75) is 38.8 Å². The predicted molar refractivity (Wildman–Crippen MR) is 108 cm³/mol. The molecule has 1 atom stereocenters. The van der Waals surface area contributed by atoms with E-state index in [-0.39, 0.29) is 23.6 Å². The molecule has 1 fully saturated rings. The number of hydrogen-bond donors (Lipinski definition) is 1. The average molecular weight is 424 g/mol. The van der Waals surface area contributed by atoms with Crippen LogP contribution in [0.25, 0.3) is 0 Å². The second-order valence-corrected chi connectivity index (χ2v) is 7.42. The number of nitrogens with zero attached hydrogens (tertiary/aromatic N) is 2. The number of aromatic nitrogens is 1. The monoisotopic (exact) mass is 423 g/mol. The van der Waals surface area contributed by atoms with Crippen LogP contribution in [0.1, 0.15) is 37.8 Å². The van der Waals surface area contributed by atoms with Gasteiger partial charge in [-0.1, -0.05) is 36.7 Å². The van der Waals surface area contributed by atoms with Gasteiger partial charge in [-0.25, -0.2) is 4.98 Å². The van der Waals surface area contributed by atoms with Crippen molar-refractivity contribution in [1.82, 2.24) is 10.3 Å². The van der Waals surface area contributed by atoms with Gasteiger partial charge >= 0.3 is 6.61 Å². The molecule has 29 heavy (non-hydrogen) atoms. The zero-order chi connectivity index (χ0) is 20.8. The van der Waals surface area contributed by atoms with Gasteiger partial charge < -0.3 is 15.0 Å². The lowest BCUT2D eigenvalue weighted by atomic mass is 9.94. The van der Waals surface area contributed by atoms with Crippen LogP contribution in [0.2, 0.25) is 5.02 Å². The summed E-state index contributed by atoms with van der Waals surface area (Å²) in [6.45, 7) is 0.428. The van der Waals surface area contributed by atoms with Gasteiger partial charge in [0.1, 0.15) is 11.6 Å². The van der Waals surface area contributed by atoms with Gasteiger partial charge in [0.15, 0.2) is 0 Å². The number of carbonyl (C=O) groups excluding carboxylic acids is 1. The van der Waals surface area contributed by atoms with E-state index in [2.05, 4.69) is 19.9 Å². The van der Waals surface area contributed by atoms with Crippen molar-refractivity contribution in [1.29, 1.82) is 0 Å². The number of amides is 1. The highest BCUT2D eigenvalue weighted by molar-refractivity contribution is 6.30. The van der Waals surface area contributed by atoms with E-state index in [1.807, 2.05) is 13.0 Å². The van der Waals surface area contributed by atoms with Crippen molar-refractivity contribution in [2.75, 3.05) is 18.0 Å². The van der Waals surface area contributed by atoms with Gasteiger partial charge in [-0.3, -0.25) is 4.79 Å². The van der Waals surface area contributed by atoms with E-state index in [9.17, 15) is 13.6 Å². The Balaban J connectivity index is 1.60. The number of carbonyl (C=O) groups is 1. The molecular formula is C21H24ClF2N3O2. The Hall–Kier alpha value is -2.41. The zero-order valence-electron chi connectivity index (χ0n) is 16.2. The molecule has 1 N–H and O–H groups in total. The van der Waals surface area contributed by atoms with Gasteiger partial charge in [0, 0.05) is 30.8 Å². The summed E-state index contributed by atoms with van der Waals surface area (Å²) in [4.78, 5) is 19.3. The summed E-state index contributed by atoms with van der Waals surface area (Å²) in [7, 11) is 0. The largest absolute Gasteiger partial charge is 0.434 e. The molecular weight excluding hydrogens is 400 g/mol. The van der Waals surface area contributed by atoms with Crippen molar-refractivity contribution >= 4 is 23.3 Å². The lowest BCUT2D eigenvalue weighted by molar-refractivity contribution is -0.126. The molecule has 1 aliphatic heterocycles. The van der Waals surface area contributed by atoms with Crippen LogP contribution in [0.4, 0.5) is 14.6 Å². The number of anilines is 1. The molecule has 1 unspecified atom stereocenters. The minimum absolute atomic E-state index is 0.0626. The van der Waals surface area contributed by atoms with Crippen molar-refractivity contribution < 1.29 is 18.3 Å². The highest BCUT2D eigenvalue weighted by Crippen LogP contribution is 2.30. The Morgan fingerprint density at radius 1 is 1.28 bits per heavy atom. The molecule has 0 radical (unpaired) electrons. The van der Waals surface area contributed by atoms with E-state index < -0.39 is 6.61 Å². The maximum Gasteiger partial charge on any atom is 0.387 e. The number of ether oxygens (including phenoxy) is 1. The number of benzene rings is 1. The van der Waals surface area contributed by atoms with E-state index in [4.69, 9.17) is 11.6 Å². The van der Waals surface area contributed by atoms with Crippen LogP contribution in [0.3, 0.4) is 0 Å². The summed E-state index contributed by atoms with van der Waals surface area (Å²) in [5.74, 6) is 0.749. The molecule has 0 aliphatic carbocycles. The molecule has 3 rings (SSSR count). The molecule has 1 amide bonds. The van der Waals surface area contributed by atoms with E-state index >= 15 is 0 Å². The van der Waals surface area contributed by atoms with Crippen LogP contribution in [0, 0.1) is 5.92 Å². The zero-order valence-corrected chi connectivity index (χ0v) is 16.9. The van der Waals surface area contributed by atoms with Gasteiger partial charge in [-0.05, 0) is 37.5 Å². The Morgan fingerprint density at radius 2 is 2.00 bits per heavy atom. The van der Waals surface area contributed by atoms with Gasteiger partial charge in [-0.2, -0.15) is 8.78 Å². The van der Waals surface area contributed by atoms with Crippen LogP contribution >= 0.6 is 11.6 Å². The standard InChI is InChI=1S/C21H24ClF2N3O2/c1-2-17(16-5-3-4-6-18(16)29-21(23)24)26-20(28)14-9-11-27(12-10-14)19-8-7-15(22)13-25-19/h3-8,13-14,17,21H,2,9-12H2,1H3,(H,26,28). The third-order valence-electron chi connectivity index (χ3n) is 5.14. The fourth-order valence-electron chi connectivity index (χ4n) is 3.59. The molecule has 2 heterocycles. The minimum Gasteiger partial charge on any atom is -0.434 e. The SMILES string of the molecule is CCC(NC(=O)C1CCN(c2ccc(Cl)cn2)CC1)c1ccccc1OC(F)F. The number of pyridine rings is 1. The summed E-state index contributed by atoms with van der Waals surface area (Å²) in [5.41, 5.74) is 0.562. The van der Waals surface area contributed by atoms with Crippen molar-refractivity contribution in [3.05, 3.63) is 53.2 Å². The number of para-hydroxylation sites is 1. The van der Waals surface area contributed by atoms with Gasteiger partial charge in [0.2, 0.25) is 5.91 Å². The minimum atomic E-state index is -2.91. The third-order valence-corrected chi connectivity index (χ3v) is 5.36. The van der Waals surface area contributed by atoms with Crippen molar-refractivity contribution in [3.63, 3.8) is 0 Å². The van der Waals surface area contributed by atoms with E-state index in [0.717, 1.165) is 5.82 Å². The van der Waals surface area contributed by atoms with Gasteiger partial charge in [0.25, 0.3) is 0 Å². The van der Waals surface area contributed by atoms with Gasteiger partial charge in [0.05, 0.1) is 11.1 Å². The fourth-order valence-corrected chi connectivity index (χ4v) is 3.70. The highest BCUT2D eigenvalue weighted by atomic mass is 35.5. The number of halogens is 3. The van der Waals surface area contributed by atoms with Crippen LogP contribution < -0.4 is 15.0 Å². The molecule has 156 valence electrons. The summed E-state index contributed by atoms with van der Waals surface area (Å²) >= 11 is 5.88. The van der Waals surface area contributed by atoms with Crippen molar-refractivity contribution in [2.24, 2.45) is 5.92 Å². The molecule has 1 aromatic heterocycles. The molecule has 0 spiro atoms. The summed E-state index contributed by atoms with van der Waals surface area (Å²) in [5, 5.41) is 3.60. The number of nitrogens with one attached hydrogen (secondary N) is 1. The molecule has 8 heteroatoms. The van der Waals surface area contributed by atoms with Crippen LogP contribution in [-0.2, 0) is 4.79 Å². The Labute approximate surface area is 174 Å². The average Bonchev–Trinajstić information content (AvgIpc) is 2.73. The summed E-state index contributed by atoms with van der Waals surface area (Å²) < 4.78 is 30.0. The first-order valence-corrected chi connectivity index (χ1v) is 10.1. The maximum absolute atomic E-state index is 12.8. The molecule has 0 bridgehead atoms. The number of hydrogen-bond acceptors (Lipinski definition) is 4. The molecule has 1 aliphatic rings. The maximum atomic E-state index is 12.8. The van der Waals surface area contributed by atoms with E-state index in [0.29, 0.717) is 42.9 Å². The lowest BCUT2D eigenvalue weighted by Crippen LogP contribution is -2.41. The Bertz CT molecular complexity index is 812. The second kappa shape index (κ2) is 9.87. The summed E-state index contributed by atoms with van der Waals surface area (Å²) in [6, 6.07) is 9.88. The fraction of sp³-hybridized carbons (Fsp3) is 0.429. The predicted octanol–water partition coefficient (Wildman–Crippen LogP) is 4.82. The Morgan fingerprint density at radius 3 is 2.62 bits per heavy atom. The normalized spacial score (nSPS) is 16.0. The molecule has 0 saturated carbocycles. The van der Waals surface area contributed by atoms with Crippen LogP contribution in [0.5, 0.6) is 5.75 Å². The summed E-state index contributed by atoms with van der Waals surface area (Å²) in [6.07, 6.45) is 3.58. The van der Waals surface area contributed by atoms with Crippen molar-refractivity contribution in [3.8, 4) is 5.75 Å².